The first kappa shape index (κ1) is 19.6. The molecule has 148 valence electrons. The molecule has 6 heteroatoms. The van der Waals surface area contributed by atoms with E-state index in [2.05, 4.69) is 6.07 Å². The van der Waals surface area contributed by atoms with Gasteiger partial charge < -0.3 is 15.2 Å². The lowest BCUT2D eigenvalue weighted by molar-refractivity contribution is -0.133. The quantitative estimate of drug-likeness (QED) is 0.492. The van der Waals surface area contributed by atoms with Gasteiger partial charge in [-0.15, -0.1) is 0 Å². The van der Waals surface area contributed by atoms with Crippen LogP contribution in [-0.2, 0) is 11.2 Å². The Kier molecular flexibility index (Phi) is 5.42. The predicted octanol–water partition coefficient (Wildman–Crippen LogP) is 4.71. The van der Waals surface area contributed by atoms with Crippen LogP contribution in [0.1, 0.15) is 22.6 Å². The van der Waals surface area contributed by atoms with E-state index in [0.717, 1.165) is 16.7 Å². The van der Waals surface area contributed by atoms with Gasteiger partial charge in [-0.3, -0.25) is 4.79 Å². The van der Waals surface area contributed by atoms with Crippen molar-refractivity contribution in [1.29, 1.82) is 5.26 Å². The summed E-state index contributed by atoms with van der Waals surface area (Å²) < 4.78 is 11.1. The molecule has 0 saturated carbocycles. The summed E-state index contributed by atoms with van der Waals surface area (Å²) in [4.78, 5) is 12.3. The number of rotatable bonds is 4. The number of allylic oxidation sites excluding steroid dienone is 1. The van der Waals surface area contributed by atoms with Crippen LogP contribution in [0.15, 0.2) is 84.3 Å². The van der Waals surface area contributed by atoms with E-state index >= 15 is 0 Å². The highest BCUT2D eigenvalue weighted by atomic mass is 35.5. The molecule has 0 aliphatic carbocycles. The number of hydrogen-bond donors (Lipinski definition) is 1. The third-order valence-electron chi connectivity index (χ3n) is 4.83. The number of halogens is 1. The Morgan fingerprint density at radius 1 is 1.07 bits per heavy atom. The summed E-state index contributed by atoms with van der Waals surface area (Å²) in [7, 11) is 0. The molecule has 0 spiro atoms. The van der Waals surface area contributed by atoms with Crippen LogP contribution in [0.3, 0.4) is 0 Å². The molecule has 5 nitrogen and oxygen atoms in total. The summed E-state index contributed by atoms with van der Waals surface area (Å²) >= 11 is 6.39. The number of benzene rings is 3. The summed E-state index contributed by atoms with van der Waals surface area (Å²) in [6.45, 7) is 0. The fourth-order valence-electron chi connectivity index (χ4n) is 3.46. The maximum atomic E-state index is 12.3. The van der Waals surface area contributed by atoms with Crippen molar-refractivity contribution in [3.63, 3.8) is 0 Å². The molecule has 1 atom stereocenters. The molecule has 1 aliphatic heterocycles. The average Bonchev–Trinajstić information content (AvgIpc) is 2.74. The van der Waals surface area contributed by atoms with E-state index in [0.29, 0.717) is 16.5 Å². The van der Waals surface area contributed by atoms with Crippen molar-refractivity contribution >= 4 is 17.6 Å². The summed E-state index contributed by atoms with van der Waals surface area (Å²) in [6, 6.07) is 23.8. The van der Waals surface area contributed by atoms with Gasteiger partial charge >= 0.3 is 5.97 Å². The van der Waals surface area contributed by atoms with E-state index in [1.807, 2.05) is 48.5 Å². The number of carbonyl (C=O) groups excluding carboxylic acids is 1. The SMILES string of the molecule is N#CC1=C(N)Oc2cc(OC(=O)Cc3ccccc3)ccc2C1c1ccccc1Cl. The molecule has 0 radical (unpaired) electrons. The molecule has 30 heavy (non-hydrogen) atoms. The molecule has 1 unspecified atom stereocenters. The van der Waals surface area contributed by atoms with Crippen molar-refractivity contribution < 1.29 is 14.3 Å². The first-order valence-electron chi connectivity index (χ1n) is 9.27. The lowest BCUT2D eigenvalue weighted by Crippen LogP contribution is -2.21. The van der Waals surface area contributed by atoms with E-state index in [4.69, 9.17) is 26.8 Å². The zero-order valence-electron chi connectivity index (χ0n) is 15.8. The normalized spacial score (nSPS) is 15.0. The second kappa shape index (κ2) is 8.32. The number of hydrogen-bond acceptors (Lipinski definition) is 5. The Morgan fingerprint density at radius 3 is 2.53 bits per heavy atom. The van der Waals surface area contributed by atoms with Crippen LogP contribution in [0.2, 0.25) is 5.02 Å². The van der Waals surface area contributed by atoms with Gasteiger partial charge in [0.2, 0.25) is 5.88 Å². The van der Waals surface area contributed by atoms with Gasteiger partial charge in [0, 0.05) is 16.7 Å². The van der Waals surface area contributed by atoms with Crippen LogP contribution >= 0.6 is 11.6 Å². The Bertz CT molecular complexity index is 1180. The number of ether oxygens (including phenoxy) is 2. The van der Waals surface area contributed by atoms with Crippen LogP contribution in [0, 0.1) is 11.3 Å². The zero-order chi connectivity index (χ0) is 21.1. The van der Waals surface area contributed by atoms with Crippen LogP contribution in [0.4, 0.5) is 0 Å². The van der Waals surface area contributed by atoms with Crippen LogP contribution < -0.4 is 15.2 Å². The maximum absolute atomic E-state index is 12.3. The second-order valence-corrected chi connectivity index (χ2v) is 7.19. The standard InChI is InChI=1S/C24H17ClN2O3/c25-20-9-5-4-8-17(20)23-18-11-10-16(13-21(18)30-24(27)19(23)14-26)29-22(28)12-15-6-2-1-3-7-15/h1-11,13,23H,12,27H2. The monoisotopic (exact) mass is 416 g/mol. The van der Waals surface area contributed by atoms with E-state index in [9.17, 15) is 10.1 Å². The molecule has 2 N–H and O–H groups in total. The molecule has 1 heterocycles. The third-order valence-corrected chi connectivity index (χ3v) is 5.17. The topological polar surface area (TPSA) is 85.3 Å². The van der Waals surface area contributed by atoms with Crippen molar-refractivity contribution in [2.75, 3.05) is 0 Å². The van der Waals surface area contributed by atoms with Crippen molar-refractivity contribution in [3.8, 4) is 17.6 Å². The molecule has 0 bridgehead atoms. The molecule has 0 aromatic heterocycles. The second-order valence-electron chi connectivity index (χ2n) is 6.78. The summed E-state index contributed by atoms with van der Waals surface area (Å²) in [5, 5.41) is 10.2. The van der Waals surface area contributed by atoms with E-state index in [1.165, 1.54) is 0 Å². The molecule has 1 aliphatic rings. The van der Waals surface area contributed by atoms with Gasteiger partial charge in [0.05, 0.1) is 12.3 Å². The molecule has 4 rings (SSSR count). The van der Waals surface area contributed by atoms with Gasteiger partial charge in [-0.25, -0.2) is 0 Å². The lowest BCUT2D eigenvalue weighted by atomic mass is 9.83. The first-order chi connectivity index (χ1) is 14.6. The Morgan fingerprint density at radius 2 is 1.80 bits per heavy atom. The summed E-state index contributed by atoms with van der Waals surface area (Å²) in [6.07, 6.45) is 0.154. The lowest BCUT2D eigenvalue weighted by Gasteiger charge is -2.27. The smallest absolute Gasteiger partial charge is 0.315 e. The molecule has 0 amide bonds. The fraction of sp³-hybridized carbons (Fsp3) is 0.0833. The number of nitrogens with two attached hydrogens (primary N) is 1. The Hall–Kier alpha value is -3.75. The highest BCUT2D eigenvalue weighted by molar-refractivity contribution is 6.31. The van der Waals surface area contributed by atoms with Gasteiger partial charge in [0.1, 0.15) is 23.1 Å². The van der Waals surface area contributed by atoms with Crippen molar-refractivity contribution in [2.45, 2.75) is 12.3 Å². The minimum Gasteiger partial charge on any atom is -0.440 e. The van der Waals surface area contributed by atoms with Crippen LogP contribution in [0.25, 0.3) is 0 Å². The largest absolute Gasteiger partial charge is 0.440 e. The highest BCUT2D eigenvalue weighted by Crippen LogP contribution is 2.45. The number of carbonyl (C=O) groups is 1. The Balaban J connectivity index is 1.65. The van der Waals surface area contributed by atoms with Crippen LogP contribution in [0.5, 0.6) is 11.5 Å². The van der Waals surface area contributed by atoms with Gasteiger partial charge in [-0.2, -0.15) is 5.26 Å². The van der Waals surface area contributed by atoms with Gasteiger partial charge in [0.25, 0.3) is 0 Å². The number of fused-ring (bicyclic) bond motifs is 1. The minimum atomic E-state index is -0.471. The maximum Gasteiger partial charge on any atom is 0.315 e. The van der Waals surface area contributed by atoms with Gasteiger partial charge in [-0.05, 0) is 23.3 Å². The van der Waals surface area contributed by atoms with Gasteiger partial charge in [-0.1, -0.05) is 66.2 Å². The zero-order valence-corrected chi connectivity index (χ0v) is 16.6. The van der Waals surface area contributed by atoms with Crippen LogP contribution in [-0.4, -0.2) is 5.97 Å². The van der Waals surface area contributed by atoms with E-state index in [1.54, 1.807) is 24.3 Å². The van der Waals surface area contributed by atoms with Crippen molar-refractivity contribution in [2.24, 2.45) is 5.73 Å². The molecule has 3 aromatic rings. The molecule has 3 aromatic carbocycles. The minimum absolute atomic E-state index is 0.00248. The molecule has 0 saturated heterocycles. The number of nitrogens with zero attached hydrogens (tertiary/aromatic N) is 1. The predicted molar refractivity (Wildman–Crippen MR) is 113 cm³/mol. The Labute approximate surface area is 178 Å². The summed E-state index contributed by atoms with van der Waals surface area (Å²) in [5.41, 5.74) is 8.63. The number of nitriles is 1. The molecular formula is C24H17ClN2O3. The van der Waals surface area contributed by atoms with Crippen molar-refractivity contribution in [3.05, 3.63) is 106 Å². The third kappa shape index (κ3) is 3.86. The highest BCUT2D eigenvalue weighted by Gasteiger charge is 2.32. The number of esters is 1. The van der Waals surface area contributed by atoms with E-state index in [-0.39, 0.29) is 23.8 Å². The molecule has 0 fully saturated rings. The fourth-order valence-corrected chi connectivity index (χ4v) is 3.70. The first-order valence-corrected chi connectivity index (χ1v) is 9.65. The van der Waals surface area contributed by atoms with Crippen molar-refractivity contribution in [1.82, 2.24) is 0 Å². The average molecular weight is 417 g/mol. The summed E-state index contributed by atoms with van der Waals surface area (Å²) in [5.74, 6) is -0.104. The van der Waals surface area contributed by atoms with Gasteiger partial charge in [0.15, 0.2) is 0 Å². The molecular weight excluding hydrogens is 400 g/mol. The van der Waals surface area contributed by atoms with E-state index < -0.39 is 5.92 Å².